The van der Waals surface area contributed by atoms with Crippen molar-refractivity contribution in [2.45, 2.75) is 122 Å². The maximum atomic E-state index is 13.5. The van der Waals surface area contributed by atoms with E-state index in [0.717, 1.165) is 49.4 Å². The summed E-state index contributed by atoms with van der Waals surface area (Å²) in [5.74, 6) is 0.784. The fourth-order valence-corrected chi connectivity index (χ4v) is 11.1. The first kappa shape index (κ1) is 63.4. The van der Waals surface area contributed by atoms with Crippen LogP contribution in [0.2, 0.25) is 10.0 Å². The van der Waals surface area contributed by atoms with Crippen molar-refractivity contribution in [1.29, 1.82) is 0 Å². The van der Waals surface area contributed by atoms with E-state index in [4.69, 9.17) is 23.2 Å². The molecule has 468 valence electrons. The lowest BCUT2D eigenvalue weighted by Gasteiger charge is -2.40. The van der Waals surface area contributed by atoms with Crippen LogP contribution in [0.1, 0.15) is 113 Å². The number of hydrogen-bond donors (Lipinski definition) is 3. The molecule has 3 amide bonds. The zero-order valence-electron chi connectivity index (χ0n) is 49.9. The highest BCUT2D eigenvalue weighted by atomic mass is 35.5. The minimum absolute atomic E-state index is 0.0191. The first-order valence-corrected chi connectivity index (χ1v) is 29.8. The maximum Gasteiger partial charge on any atom is 0.434 e. The summed E-state index contributed by atoms with van der Waals surface area (Å²) in [6.07, 6.45) is 19.5. The van der Waals surface area contributed by atoms with Gasteiger partial charge in [-0.2, -0.15) is 48.6 Å². The average Bonchev–Trinajstić information content (AvgIpc) is 1.88. The lowest BCUT2D eigenvalue weighted by molar-refractivity contribution is -0.141. The van der Waals surface area contributed by atoms with Gasteiger partial charge in [-0.1, -0.05) is 29.3 Å². The molecule has 8 aromatic heterocycles. The number of halogens is 5. The molecule has 0 unspecified atom stereocenters. The van der Waals surface area contributed by atoms with E-state index in [2.05, 4.69) is 86.4 Å². The van der Waals surface area contributed by atoms with Crippen molar-refractivity contribution in [2.75, 3.05) is 35.6 Å². The number of carbonyl (C=O) groups excluding carboxylic acids is 3. The van der Waals surface area contributed by atoms with Crippen molar-refractivity contribution in [3.05, 3.63) is 166 Å². The van der Waals surface area contributed by atoms with Gasteiger partial charge in [0.25, 0.3) is 17.7 Å². The summed E-state index contributed by atoms with van der Waals surface area (Å²) in [7, 11) is 0. The van der Waals surface area contributed by atoms with Crippen LogP contribution in [0.5, 0.6) is 0 Å². The Morgan fingerprint density at radius 2 is 0.944 bits per heavy atom. The van der Waals surface area contributed by atoms with Gasteiger partial charge in [0.1, 0.15) is 17.2 Å². The quantitative estimate of drug-likeness (QED) is 0.103. The van der Waals surface area contributed by atoms with E-state index in [0.29, 0.717) is 88.2 Å². The first-order chi connectivity index (χ1) is 43.3. The number of rotatable bonds is 12. The zero-order valence-corrected chi connectivity index (χ0v) is 51.4. The molecule has 12 rings (SSSR count). The van der Waals surface area contributed by atoms with E-state index in [1.165, 1.54) is 26.8 Å². The molecule has 1 aromatic carbocycles. The number of pyridine rings is 2. The predicted octanol–water partition coefficient (Wildman–Crippen LogP) is 8.53. The molecule has 26 nitrogen and oxygen atoms in total. The number of likely N-dealkylation sites (tertiary alicyclic amines) is 3. The lowest BCUT2D eigenvalue weighted by Crippen LogP contribution is -2.52. The topological polar surface area (TPSA) is 292 Å². The van der Waals surface area contributed by atoms with Crippen LogP contribution in [0, 0.1) is 20.8 Å². The highest BCUT2D eigenvalue weighted by Gasteiger charge is 2.38. The molecule has 3 saturated heterocycles. The summed E-state index contributed by atoms with van der Waals surface area (Å²) >= 11 is 11.7. The number of carbonyl (C=O) groups is 3. The standard InChI is InChI=1S/C20H22ClN7O.C20H21F3N8O.C19H21ClN8O/c1-13-5-6-16(18(10-13)28-24-7-8-25-28)19(29)27-9-3-4-17(14(27)2)26-20-22-11-15(21)12-23-20;1-12-5-6-15(31-26-7-8-27-31)18(28-12)19(32)30-9-3-4-14(13(30)2)29-17-11-24-16(10-25-17)20(21,22)23;1-12-8-16(28-24-5-6-25-28)17(21-9-12)18(29)27-7-3-4-15(13(27)2)26-19-22-10-14(20)11-23-19/h5-8,10-12,14,17H,3-4,9H2,1-2H3,(H,22,23,26);5-8,10-11,13-14H,3-4,9H2,1-2H3,(H,25,29);5-6,8-11,13,15H,3-4,7H2,1-2H3,(H,22,23,26)/t14-,17+;13-,14+;13-,15+/m000/s1. The second kappa shape index (κ2) is 28.2. The van der Waals surface area contributed by atoms with E-state index in [1.54, 1.807) is 79.7 Å². The molecule has 3 fully saturated rings. The van der Waals surface area contributed by atoms with Crippen molar-refractivity contribution in [3.63, 3.8) is 0 Å². The second-order valence-electron chi connectivity index (χ2n) is 21.8. The Hall–Kier alpha value is -9.64. The lowest BCUT2D eigenvalue weighted by atomic mass is 9.96. The summed E-state index contributed by atoms with van der Waals surface area (Å²) in [5, 5.41) is 35.7. The first-order valence-electron chi connectivity index (χ1n) is 29.0. The molecule has 0 saturated carbocycles. The number of amides is 3. The van der Waals surface area contributed by atoms with Crippen molar-refractivity contribution in [2.24, 2.45) is 0 Å². The molecule has 9 aromatic rings. The van der Waals surface area contributed by atoms with Crippen molar-refractivity contribution < 1.29 is 27.6 Å². The van der Waals surface area contributed by atoms with E-state index in [1.807, 2.05) is 68.7 Å². The van der Waals surface area contributed by atoms with Gasteiger partial charge in [0, 0.05) is 67.8 Å². The Kier molecular flexibility index (Phi) is 19.9. The van der Waals surface area contributed by atoms with Crippen LogP contribution in [0.15, 0.2) is 117 Å². The van der Waals surface area contributed by atoms with E-state index in [9.17, 15) is 27.6 Å². The Balaban J connectivity index is 0.000000149. The summed E-state index contributed by atoms with van der Waals surface area (Å²) in [4.78, 5) is 83.0. The fraction of sp³-hybridized carbons (Fsp3) is 0.373. The predicted molar refractivity (Wildman–Crippen MR) is 326 cm³/mol. The summed E-state index contributed by atoms with van der Waals surface area (Å²) in [6.45, 7) is 13.5. The monoisotopic (exact) mass is 1270 g/mol. The number of aromatic nitrogens is 17. The SMILES string of the molecule is Cc1ccc(-n2nccn2)c(C(=O)N2CCC[C@@H](Nc3cnc(C(F)(F)F)cn3)[C@@H]2C)n1.Cc1ccc(C(=O)N2CCC[C@@H](Nc3ncc(Cl)cn3)[C@@H]2C)c(-n2nccn2)c1.Cc1cnc(C(=O)N2CCC[C@@H](Nc3ncc(Cl)cn3)[C@@H]2C)c(-n2nccn2)c1. The van der Waals surface area contributed by atoms with Crippen molar-refractivity contribution in [1.82, 2.24) is 99.6 Å². The Morgan fingerprint density at radius 1 is 0.489 bits per heavy atom. The third-order valence-electron chi connectivity index (χ3n) is 15.6. The molecule has 0 aliphatic carbocycles. The van der Waals surface area contributed by atoms with Gasteiger partial charge in [-0.15, -0.1) is 9.59 Å². The molecule has 3 aliphatic heterocycles. The van der Waals surface area contributed by atoms with Crippen LogP contribution in [-0.4, -0.2) is 173 Å². The molecule has 11 heterocycles. The molecule has 6 atom stereocenters. The van der Waals surface area contributed by atoms with E-state index >= 15 is 0 Å². The van der Waals surface area contributed by atoms with Crippen LogP contribution in [-0.2, 0) is 6.18 Å². The maximum absolute atomic E-state index is 13.5. The molecule has 0 radical (unpaired) electrons. The van der Waals surface area contributed by atoms with Crippen molar-refractivity contribution in [3.8, 4) is 17.1 Å². The number of benzene rings is 1. The Morgan fingerprint density at radius 3 is 1.43 bits per heavy atom. The zero-order chi connectivity index (χ0) is 63.6. The summed E-state index contributed by atoms with van der Waals surface area (Å²) in [5.41, 5.74) is 4.49. The smallest absolute Gasteiger partial charge is 0.364 e. The molecule has 90 heavy (non-hydrogen) atoms. The summed E-state index contributed by atoms with van der Waals surface area (Å²) < 4.78 is 38.2. The molecule has 0 spiro atoms. The van der Waals surface area contributed by atoms with Gasteiger partial charge in [0.2, 0.25) is 11.9 Å². The molecule has 3 N–H and O–H groups in total. The second-order valence-corrected chi connectivity index (χ2v) is 22.7. The van der Waals surface area contributed by atoms with Gasteiger partial charge < -0.3 is 30.7 Å². The van der Waals surface area contributed by atoms with E-state index < -0.39 is 11.9 Å². The summed E-state index contributed by atoms with van der Waals surface area (Å²) in [6, 6.07) is 10.6. The van der Waals surface area contributed by atoms with Gasteiger partial charge in [-0.25, -0.2) is 39.9 Å². The molecule has 31 heteroatoms. The number of nitrogens with zero attached hydrogens (tertiary/aromatic N) is 20. The number of piperidine rings is 3. The van der Waals surface area contributed by atoms with Gasteiger partial charge in [0.15, 0.2) is 17.1 Å². The van der Waals surface area contributed by atoms with Gasteiger partial charge in [-0.05, 0) is 122 Å². The third kappa shape index (κ3) is 15.1. The highest BCUT2D eigenvalue weighted by Crippen LogP contribution is 2.30. The Labute approximate surface area is 525 Å². The average molecular weight is 1270 g/mol. The largest absolute Gasteiger partial charge is 0.434 e. The molecular weight excluding hydrogens is 1210 g/mol. The van der Waals surface area contributed by atoms with Gasteiger partial charge >= 0.3 is 6.18 Å². The number of nitrogens with one attached hydrogen (secondary N) is 3. The normalized spacial score (nSPS) is 19.2. The molecule has 3 aliphatic rings. The minimum atomic E-state index is -4.55. The Bertz CT molecular complexity index is 3710. The van der Waals surface area contributed by atoms with Crippen molar-refractivity contribution >= 4 is 58.6 Å². The van der Waals surface area contributed by atoms with Crippen LogP contribution < -0.4 is 16.0 Å². The van der Waals surface area contributed by atoms with Crippen LogP contribution in [0.25, 0.3) is 17.1 Å². The van der Waals surface area contributed by atoms with Crippen LogP contribution >= 0.6 is 23.2 Å². The number of aryl methyl sites for hydroxylation is 3. The van der Waals surface area contributed by atoms with Gasteiger partial charge in [-0.3, -0.25) is 14.4 Å². The number of alkyl halides is 3. The van der Waals surface area contributed by atoms with Crippen LogP contribution in [0.3, 0.4) is 0 Å². The molecule has 0 bridgehead atoms. The van der Waals surface area contributed by atoms with Gasteiger partial charge in [0.05, 0.1) is 95.7 Å². The van der Waals surface area contributed by atoms with Crippen LogP contribution in [0.4, 0.5) is 30.9 Å². The minimum Gasteiger partial charge on any atom is -0.364 e. The molecular formula is C59H64Cl2F3N23O3. The number of anilines is 3. The number of hydrogen-bond acceptors (Lipinski definition) is 20. The third-order valence-corrected chi connectivity index (χ3v) is 16.0. The highest BCUT2D eigenvalue weighted by molar-refractivity contribution is 6.30. The fourth-order valence-electron chi connectivity index (χ4n) is 10.9. The van der Waals surface area contributed by atoms with E-state index in [-0.39, 0.29) is 65.5 Å².